The van der Waals surface area contributed by atoms with Crippen LogP contribution in [-0.2, 0) is 14.1 Å². The van der Waals surface area contributed by atoms with Gasteiger partial charge in [-0.25, -0.2) is 4.79 Å². The number of aromatic nitrogens is 2. The Balaban J connectivity index is 1.50. The van der Waals surface area contributed by atoms with Crippen LogP contribution < -0.4 is 10.6 Å². The van der Waals surface area contributed by atoms with Gasteiger partial charge in [0.1, 0.15) is 17.5 Å². The van der Waals surface area contributed by atoms with Gasteiger partial charge in [0.15, 0.2) is 0 Å². The average Bonchev–Trinajstić information content (AvgIpc) is 3.41. The molecule has 0 saturated heterocycles. The van der Waals surface area contributed by atoms with Gasteiger partial charge in [0, 0.05) is 30.4 Å². The Morgan fingerprint density at radius 2 is 1.46 bits per heavy atom. The number of rotatable bonds is 5. The molecule has 3 aromatic carbocycles. The number of hydrogen-bond donors (Lipinski definition) is 3. The predicted octanol–water partition coefficient (Wildman–Crippen LogP) is 4.74. The molecule has 5 rings (SSSR count). The summed E-state index contributed by atoms with van der Waals surface area (Å²) in [6.07, 6.45) is 0. The highest BCUT2D eigenvalue weighted by Crippen LogP contribution is 2.29. The number of hydrogen-bond acceptors (Lipinski definition) is 4. The maximum atomic E-state index is 13.2. The molecular weight excluding hydrogens is 470 g/mol. The highest BCUT2D eigenvalue weighted by atomic mass is 16.4. The van der Waals surface area contributed by atoms with E-state index in [2.05, 4.69) is 10.6 Å². The molecule has 0 aliphatic rings. The van der Waals surface area contributed by atoms with Crippen LogP contribution in [0.25, 0.3) is 21.8 Å². The number of fused-ring (bicyclic) bond motifs is 2. The second kappa shape index (κ2) is 9.02. The molecule has 0 spiro atoms. The number of amides is 2. The van der Waals surface area contributed by atoms with Crippen LogP contribution in [0.2, 0.25) is 0 Å². The lowest BCUT2D eigenvalue weighted by Gasteiger charge is -2.12. The van der Waals surface area contributed by atoms with Gasteiger partial charge in [0.05, 0.1) is 28.0 Å². The Kier molecular flexibility index (Phi) is 5.70. The first-order valence-electron chi connectivity index (χ1n) is 11.3. The van der Waals surface area contributed by atoms with Crippen molar-refractivity contribution in [2.45, 2.75) is 0 Å². The summed E-state index contributed by atoms with van der Waals surface area (Å²) >= 11 is 0. The quantitative estimate of drug-likeness (QED) is 0.327. The maximum absolute atomic E-state index is 13.2. The third-order valence-corrected chi connectivity index (χ3v) is 6.38. The summed E-state index contributed by atoms with van der Waals surface area (Å²) in [5.74, 6) is -2.15. The number of carboxylic acid groups (broad SMARTS) is 1. The highest BCUT2D eigenvalue weighted by molar-refractivity contribution is 6.13. The Hall–Kier alpha value is -5.36. The molecular formula is C28H21N5O4. The van der Waals surface area contributed by atoms with Crippen molar-refractivity contribution in [3.8, 4) is 6.07 Å². The predicted molar refractivity (Wildman–Crippen MR) is 140 cm³/mol. The lowest BCUT2D eigenvalue weighted by molar-refractivity contribution is 0.0697. The summed E-state index contributed by atoms with van der Waals surface area (Å²) in [4.78, 5) is 38.1. The van der Waals surface area contributed by atoms with Gasteiger partial charge in [-0.1, -0.05) is 36.4 Å². The molecule has 9 nitrogen and oxygen atoms in total. The number of aryl methyl sites for hydroxylation is 2. The zero-order valence-corrected chi connectivity index (χ0v) is 19.9. The van der Waals surface area contributed by atoms with E-state index in [1.807, 2.05) is 54.1 Å². The number of carbonyl (C=O) groups is 3. The molecule has 0 saturated carbocycles. The third-order valence-electron chi connectivity index (χ3n) is 6.38. The molecule has 2 heterocycles. The first kappa shape index (κ1) is 23.4. The molecule has 3 N–H and O–H groups in total. The number of carbonyl (C=O) groups excluding carboxylic acids is 2. The van der Waals surface area contributed by atoms with Crippen molar-refractivity contribution in [1.82, 2.24) is 9.13 Å². The van der Waals surface area contributed by atoms with E-state index >= 15 is 0 Å². The van der Waals surface area contributed by atoms with Gasteiger partial charge in [-0.15, -0.1) is 0 Å². The van der Waals surface area contributed by atoms with E-state index in [1.54, 1.807) is 29.8 Å². The van der Waals surface area contributed by atoms with Crippen LogP contribution >= 0.6 is 0 Å². The van der Waals surface area contributed by atoms with Crippen LogP contribution in [0.3, 0.4) is 0 Å². The molecule has 2 aromatic heterocycles. The molecule has 0 aliphatic heterocycles. The highest BCUT2D eigenvalue weighted by Gasteiger charge is 2.22. The summed E-state index contributed by atoms with van der Waals surface area (Å²) in [5.41, 5.74) is 2.55. The Morgan fingerprint density at radius 1 is 0.811 bits per heavy atom. The largest absolute Gasteiger partial charge is 0.478 e. The second-order valence-electron chi connectivity index (χ2n) is 8.53. The van der Waals surface area contributed by atoms with Crippen LogP contribution in [0, 0.1) is 11.3 Å². The van der Waals surface area contributed by atoms with Crippen molar-refractivity contribution >= 4 is 51.0 Å². The number of nitrogens with one attached hydrogen (secondary N) is 2. The van der Waals surface area contributed by atoms with Gasteiger partial charge in [-0.2, -0.15) is 5.26 Å². The molecule has 9 heteroatoms. The zero-order chi connectivity index (χ0) is 26.3. The average molecular weight is 492 g/mol. The number of para-hydroxylation sites is 3. The van der Waals surface area contributed by atoms with Crippen molar-refractivity contribution < 1.29 is 19.5 Å². The first-order valence-corrected chi connectivity index (χ1v) is 11.3. The van der Waals surface area contributed by atoms with Crippen molar-refractivity contribution in [3.05, 3.63) is 95.3 Å². The first-order chi connectivity index (χ1) is 17.8. The zero-order valence-electron chi connectivity index (χ0n) is 19.9. The monoisotopic (exact) mass is 491 g/mol. The Morgan fingerprint density at radius 3 is 2.19 bits per heavy atom. The van der Waals surface area contributed by atoms with Crippen LogP contribution in [0.15, 0.2) is 72.8 Å². The minimum atomic E-state index is -1.26. The van der Waals surface area contributed by atoms with E-state index in [-0.39, 0.29) is 28.4 Å². The van der Waals surface area contributed by atoms with Gasteiger partial charge in [-0.3, -0.25) is 9.59 Å². The molecule has 182 valence electrons. The topological polar surface area (TPSA) is 129 Å². The van der Waals surface area contributed by atoms with Gasteiger partial charge in [0.2, 0.25) is 0 Å². The van der Waals surface area contributed by atoms with E-state index in [1.165, 1.54) is 18.2 Å². The molecule has 0 radical (unpaired) electrons. The third kappa shape index (κ3) is 3.96. The fourth-order valence-electron chi connectivity index (χ4n) is 4.56. The SMILES string of the molecule is Cn1c(C(=O)Nc2cccc3cc(C(=O)Nc4c(C#N)cccc4C(=O)O)n(C)c23)cc2ccccc21. The number of benzene rings is 3. The maximum Gasteiger partial charge on any atom is 0.337 e. The molecule has 0 unspecified atom stereocenters. The molecule has 0 bridgehead atoms. The number of anilines is 2. The van der Waals surface area contributed by atoms with E-state index in [0.717, 1.165) is 10.9 Å². The lowest BCUT2D eigenvalue weighted by atomic mass is 10.1. The van der Waals surface area contributed by atoms with E-state index in [9.17, 15) is 24.8 Å². The summed E-state index contributed by atoms with van der Waals surface area (Å²) in [7, 11) is 3.51. The molecule has 37 heavy (non-hydrogen) atoms. The van der Waals surface area contributed by atoms with Crippen LogP contribution in [0.1, 0.15) is 36.9 Å². The second-order valence-corrected chi connectivity index (χ2v) is 8.53. The summed E-state index contributed by atoms with van der Waals surface area (Å²) in [6.45, 7) is 0. The summed E-state index contributed by atoms with van der Waals surface area (Å²) in [6, 6.07) is 22.6. The number of carboxylic acids is 1. The van der Waals surface area contributed by atoms with E-state index < -0.39 is 11.9 Å². The fraction of sp³-hybridized carbons (Fsp3) is 0.0714. The minimum absolute atomic E-state index is 0.0370. The van der Waals surface area contributed by atoms with Crippen molar-refractivity contribution in [2.24, 2.45) is 14.1 Å². The van der Waals surface area contributed by atoms with Crippen LogP contribution in [-0.4, -0.2) is 32.0 Å². The lowest BCUT2D eigenvalue weighted by Crippen LogP contribution is -2.19. The Bertz CT molecular complexity index is 1790. The normalized spacial score (nSPS) is 10.8. The molecule has 5 aromatic rings. The summed E-state index contributed by atoms with van der Waals surface area (Å²) < 4.78 is 3.44. The van der Waals surface area contributed by atoms with E-state index in [0.29, 0.717) is 22.3 Å². The van der Waals surface area contributed by atoms with E-state index in [4.69, 9.17) is 0 Å². The van der Waals surface area contributed by atoms with Crippen LogP contribution in [0.4, 0.5) is 11.4 Å². The Labute approximate surface area is 211 Å². The van der Waals surface area contributed by atoms with Crippen molar-refractivity contribution in [2.75, 3.05) is 10.6 Å². The van der Waals surface area contributed by atoms with Gasteiger partial charge in [-0.05, 0) is 36.4 Å². The van der Waals surface area contributed by atoms with Gasteiger partial charge >= 0.3 is 5.97 Å². The molecule has 0 atom stereocenters. The molecule has 0 aliphatic carbocycles. The minimum Gasteiger partial charge on any atom is -0.478 e. The van der Waals surface area contributed by atoms with Crippen molar-refractivity contribution in [1.29, 1.82) is 5.26 Å². The molecule has 0 fully saturated rings. The standard InChI is InChI=1S/C28H21N5O4/c1-32-21-12-4-3-7-16(21)13-22(32)26(34)30-20-11-6-8-17-14-23(33(2)25(17)20)27(35)31-24-18(15-29)9-5-10-19(24)28(36)37/h3-14H,1-2H3,(H,30,34)(H,31,35)(H,36,37). The fourth-order valence-corrected chi connectivity index (χ4v) is 4.56. The summed E-state index contributed by atoms with van der Waals surface area (Å²) in [5, 5.41) is 26.1. The van der Waals surface area contributed by atoms with Crippen molar-refractivity contribution in [3.63, 3.8) is 0 Å². The van der Waals surface area contributed by atoms with Crippen LogP contribution in [0.5, 0.6) is 0 Å². The number of aromatic carboxylic acids is 1. The molecule has 2 amide bonds. The number of nitrogens with zero attached hydrogens (tertiary/aromatic N) is 3. The van der Waals surface area contributed by atoms with Gasteiger partial charge < -0.3 is 24.9 Å². The van der Waals surface area contributed by atoms with Gasteiger partial charge in [0.25, 0.3) is 11.8 Å². The number of nitriles is 1. The smallest absolute Gasteiger partial charge is 0.337 e.